The van der Waals surface area contributed by atoms with Gasteiger partial charge in [0, 0.05) is 13.1 Å². The maximum atomic E-state index is 10.0. The molecule has 1 fully saturated rings. The fourth-order valence-corrected chi connectivity index (χ4v) is 2.70. The zero-order valence-corrected chi connectivity index (χ0v) is 12.7. The first-order valence-electron chi connectivity index (χ1n) is 7.50. The molecule has 1 heterocycles. The molecule has 5 atom stereocenters. The zero-order valence-electron chi connectivity index (χ0n) is 12.7. The second-order valence-corrected chi connectivity index (χ2v) is 5.57. The highest BCUT2D eigenvalue weighted by Gasteiger charge is 2.46. The molecule has 1 unspecified atom stereocenters. The van der Waals surface area contributed by atoms with E-state index in [4.69, 9.17) is 10.5 Å². The van der Waals surface area contributed by atoms with Crippen molar-refractivity contribution < 1.29 is 30.3 Å². The van der Waals surface area contributed by atoms with Crippen LogP contribution in [0.3, 0.4) is 0 Å². The highest BCUT2D eigenvalue weighted by atomic mass is 16.5. The average molecular weight is 328 g/mol. The van der Waals surface area contributed by atoms with Crippen molar-refractivity contribution in [3.05, 3.63) is 29.8 Å². The van der Waals surface area contributed by atoms with E-state index in [1.54, 1.807) is 12.1 Å². The largest absolute Gasteiger partial charge is 0.492 e. The van der Waals surface area contributed by atoms with Crippen LogP contribution < -0.4 is 10.5 Å². The van der Waals surface area contributed by atoms with Crippen LogP contribution >= 0.6 is 0 Å². The van der Waals surface area contributed by atoms with Gasteiger partial charge in [0.05, 0.1) is 12.6 Å². The Morgan fingerprint density at radius 3 is 2.22 bits per heavy atom. The quantitative estimate of drug-likeness (QED) is 0.340. The fourth-order valence-electron chi connectivity index (χ4n) is 2.70. The van der Waals surface area contributed by atoms with Gasteiger partial charge < -0.3 is 36.0 Å². The standard InChI is InChI=1S/C15H24N2O6/c16-7-9-1-3-10(4-2-9)23-6-5-17-11(8-18)12(19)13(20)14(21)15(17)22/h1-4,11-15,18-22H,5-8,16H2/t11-,12-,13+,14-,15?/m1/s1. The highest BCUT2D eigenvalue weighted by Crippen LogP contribution is 2.23. The molecule has 0 radical (unpaired) electrons. The molecular weight excluding hydrogens is 304 g/mol. The third-order valence-corrected chi connectivity index (χ3v) is 4.13. The van der Waals surface area contributed by atoms with Gasteiger partial charge in [0.1, 0.15) is 36.9 Å². The van der Waals surface area contributed by atoms with Crippen molar-refractivity contribution in [2.45, 2.75) is 37.1 Å². The number of hydrogen-bond donors (Lipinski definition) is 6. The number of nitrogens with two attached hydrogens (primary N) is 1. The molecule has 0 aromatic heterocycles. The molecule has 0 saturated carbocycles. The number of piperidine rings is 1. The van der Waals surface area contributed by atoms with Crippen molar-refractivity contribution in [1.82, 2.24) is 4.90 Å². The molecule has 1 aromatic rings. The first-order chi connectivity index (χ1) is 11.0. The molecule has 0 bridgehead atoms. The summed E-state index contributed by atoms with van der Waals surface area (Å²) in [5.74, 6) is 0.621. The van der Waals surface area contributed by atoms with Gasteiger partial charge in [-0.25, -0.2) is 0 Å². The van der Waals surface area contributed by atoms with E-state index in [0.717, 1.165) is 5.56 Å². The summed E-state index contributed by atoms with van der Waals surface area (Å²) < 4.78 is 5.55. The van der Waals surface area contributed by atoms with Crippen LogP contribution in [0, 0.1) is 0 Å². The van der Waals surface area contributed by atoms with Crippen LogP contribution in [0.15, 0.2) is 24.3 Å². The summed E-state index contributed by atoms with van der Waals surface area (Å²) in [6, 6.07) is 6.33. The monoisotopic (exact) mass is 328 g/mol. The molecule has 1 aromatic carbocycles. The molecule has 0 spiro atoms. The summed E-state index contributed by atoms with van der Waals surface area (Å²) in [7, 11) is 0. The number of rotatable bonds is 6. The zero-order chi connectivity index (χ0) is 17.0. The van der Waals surface area contributed by atoms with Gasteiger partial charge in [-0.2, -0.15) is 0 Å². The minimum absolute atomic E-state index is 0.159. The summed E-state index contributed by atoms with van der Waals surface area (Å²) >= 11 is 0. The van der Waals surface area contributed by atoms with E-state index >= 15 is 0 Å². The van der Waals surface area contributed by atoms with Crippen LogP contribution in [0.5, 0.6) is 5.75 Å². The van der Waals surface area contributed by atoms with E-state index in [9.17, 15) is 25.5 Å². The van der Waals surface area contributed by atoms with Crippen LogP contribution in [0.1, 0.15) is 5.56 Å². The molecule has 8 nitrogen and oxygen atoms in total. The Morgan fingerprint density at radius 2 is 1.65 bits per heavy atom. The van der Waals surface area contributed by atoms with Crippen molar-refractivity contribution in [2.24, 2.45) is 5.73 Å². The number of benzene rings is 1. The maximum Gasteiger partial charge on any atom is 0.136 e. The maximum absolute atomic E-state index is 10.0. The third kappa shape index (κ3) is 3.99. The summed E-state index contributed by atoms with van der Waals surface area (Å²) in [6.07, 6.45) is -5.78. The van der Waals surface area contributed by atoms with Crippen molar-refractivity contribution in [1.29, 1.82) is 0 Å². The van der Waals surface area contributed by atoms with Crippen LogP contribution in [0.4, 0.5) is 0 Å². The number of hydrogen-bond acceptors (Lipinski definition) is 8. The molecule has 2 rings (SSSR count). The molecule has 1 aliphatic rings. The number of aliphatic hydroxyl groups excluding tert-OH is 5. The molecule has 1 aliphatic heterocycles. The van der Waals surface area contributed by atoms with E-state index in [2.05, 4.69) is 0 Å². The lowest BCUT2D eigenvalue weighted by molar-refractivity contribution is -0.223. The number of nitrogens with zero attached hydrogens (tertiary/aromatic N) is 1. The van der Waals surface area contributed by atoms with E-state index in [1.807, 2.05) is 12.1 Å². The molecule has 1 saturated heterocycles. The average Bonchev–Trinajstić information content (AvgIpc) is 2.58. The van der Waals surface area contributed by atoms with Gasteiger partial charge in [0.15, 0.2) is 0 Å². The van der Waals surface area contributed by atoms with Gasteiger partial charge in [-0.15, -0.1) is 0 Å². The van der Waals surface area contributed by atoms with Crippen LogP contribution in [0.2, 0.25) is 0 Å². The Hall–Kier alpha value is -1.26. The highest BCUT2D eigenvalue weighted by molar-refractivity contribution is 5.27. The van der Waals surface area contributed by atoms with Crippen LogP contribution in [0.25, 0.3) is 0 Å². The predicted molar refractivity (Wildman–Crippen MR) is 81.4 cm³/mol. The lowest BCUT2D eigenvalue weighted by atomic mass is 9.93. The number of ether oxygens (including phenoxy) is 1. The topological polar surface area (TPSA) is 140 Å². The van der Waals surface area contributed by atoms with Crippen molar-refractivity contribution in [3.63, 3.8) is 0 Å². The molecular formula is C15H24N2O6. The Labute approximate surface area is 134 Å². The lowest BCUT2D eigenvalue weighted by Crippen LogP contribution is -2.67. The van der Waals surface area contributed by atoms with Crippen LogP contribution in [-0.2, 0) is 6.54 Å². The first kappa shape index (κ1) is 18.1. The first-order valence-corrected chi connectivity index (χ1v) is 7.50. The predicted octanol–water partition coefficient (Wildman–Crippen LogP) is -2.40. The van der Waals surface area contributed by atoms with Crippen molar-refractivity contribution in [3.8, 4) is 5.75 Å². The van der Waals surface area contributed by atoms with Gasteiger partial charge >= 0.3 is 0 Å². The van der Waals surface area contributed by atoms with Gasteiger partial charge in [0.2, 0.25) is 0 Å². The Bertz CT molecular complexity index is 485. The molecule has 0 aliphatic carbocycles. The van der Waals surface area contributed by atoms with Gasteiger partial charge in [-0.3, -0.25) is 4.90 Å². The summed E-state index contributed by atoms with van der Waals surface area (Å²) in [5.41, 5.74) is 6.49. The smallest absolute Gasteiger partial charge is 0.136 e. The second kappa shape index (κ2) is 8.02. The Kier molecular flexibility index (Phi) is 6.31. The van der Waals surface area contributed by atoms with E-state index in [1.165, 1.54) is 4.90 Å². The molecule has 23 heavy (non-hydrogen) atoms. The van der Waals surface area contributed by atoms with E-state index in [-0.39, 0.29) is 13.2 Å². The Balaban J connectivity index is 1.94. The van der Waals surface area contributed by atoms with Gasteiger partial charge in [0.25, 0.3) is 0 Å². The SMILES string of the molecule is NCc1ccc(OCCN2C(O)[C@H](O)[C@@H](O)[C@H](O)[C@H]2CO)cc1. The normalized spacial score (nSPS) is 32.0. The number of aliphatic hydroxyl groups is 5. The molecule has 0 amide bonds. The molecule has 8 heteroatoms. The Morgan fingerprint density at radius 1 is 1.00 bits per heavy atom. The van der Waals surface area contributed by atoms with E-state index < -0.39 is 37.2 Å². The minimum atomic E-state index is -1.52. The molecule has 130 valence electrons. The van der Waals surface area contributed by atoms with Crippen molar-refractivity contribution in [2.75, 3.05) is 19.8 Å². The lowest BCUT2D eigenvalue weighted by Gasteiger charge is -2.46. The second-order valence-electron chi connectivity index (χ2n) is 5.57. The summed E-state index contributed by atoms with van der Waals surface area (Å²) in [6.45, 7) is 0.306. The fraction of sp³-hybridized carbons (Fsp3) is 0.600. The van der Waals surface area contributed by atoms with Gasteiger partial charge in [-0.1, -0.05) is 12.1 Å². The third-order valence-electron chi connectivity index (χ3n) is 4.13. The van der Waals surface area contributed by atoms with Crippen LogP contribution in [-0.4, -0.2) is 80.8 Å². The van der Waals surface area contributed by atoms with Crippen molar-refractivity contribution >= 4 is 0 Å². The molecule has 7 N–H and O–H groups in total. The number of likely N-dealkylation sites (tertiary alicyclic amines) is 1. The summed E-state index contributed by atoms with van der Waals surface area (Å²) in [4.78, 5) is 1.32. The van der Waals surface area contributed by atoms with E-state index in [0.29, 0.717) is 12.3 Å². The minimum Gasteiger partial charge on any atom is -0.492 e. The summed E-state index contributed by atoms with van der Waals surface area (Å²) in [5, 5.41) is 48.7. The van der Waals surface area contributed by atoms with Gasteiger partial charge in [-0.05, 0) is 17.7 Å².